The van der Waals surface area contributed by atoms with Crippen molar-refractivity contribution in [3.8, 4) is 11.4 Å². The maximum Gasteiger partial charge on any atom is 0.266 e. The molecule has 144 valence electrons. The average Bonchev–Trinajstić information content (AvgIpc) is 3.22. The van der Waals surface area contributed by atoms with Crippen LogP contribution in [0.4, 0.5) is 8.78 Å². The molecule has 1 fully saturated rings. The van der Waals surface area contributed by atoms with E-state index in [2.05, 4.69) is 10.1 Å². The molecule has 1 saturated heterocycles. The number of rotatable bonds is 4. The lowest BCUT2D eigenvalue weighted by Crippen LogP contribution is -2.47. The SMILES string of the molecule is O=C(Cc1ccccc1F)N1CCCC(F)(c2nc(-c3ccccc3)no2)C1. The number of alkyl halides is 1. The second kappa shape index (κ2) is 7.50. The number of amides is 1. The van der Waals surface area contributed by atoms with Gasteiger partial charge in [-0.3, -0.25) is 4.79 Å². The molecular weight excluding hydrogens is 364 g/mol. The summed E-state index contributed by atoms with van der Waals surface area (Å²) < 4.78 is 34.6. The Morgan fingerprint density at radius 2 is 1.89 bits per heavy atom. The van der Waals surface area contributed by atoms with E-state index in [1.54, 1.807) is 18.2 Å². The molecule has 0 aliphatic carbocycles. The molecule has 28 heavy (non-hydrogen) atoms. The van der Waals surface area contributed by atoms with E-state index in [0.717, 1.165) is 5.56 Å². The molecule has 4 rings (SSSR count). The van der Waals surface area contributed by atoms with Crippen molar-refractivity contribution in [2.45, 2.75) is 24.9 Å². The largest absolute Gasteiger partial charge is 0.339 e. The van der Waals surface area contributed by atoms with Crippen LogP contribution in [0.5, 0.6) is 0 Å². The van der Waals surface area contributed by atoms with Crippen molar-refractivity contribution in [3.05, 3.63) is 71.9 Å². The van der Waals surface area contributed by atoms with Gasteiger partial charge in [0.25, 0.3) is 5.89 Å². The predicted molar refractivity (Wildman–Crippen MR) is 98.4 cm³/mol. The molecule has 1 aromatic heterocycles. The third-order valence-corrected chi connectivity index (χ3v) is 4.94. The summed E-state index contributed by atoms with van der Waals surface area (Å²) in [6.07, 6.45) is 0.539. The average molecular weight is 383 g/mol. The number of carbonyl (C=O) groups excluding carboxylic acids is 1. The standard InChI is InChI=1S/C21H19F2N3O2/c22-17-10-5-4-9-16(17)13-18(27)26-12-6-11-21(23,14-26)20-24-19(25-28-20)15-7-2-1-3-8-15/h1-5,7-10H,6,11-14H2. The van der Waals surface area contributed by atoms with Crippen molar-refractivity contribution in [3.63, 3.8) is 0 Å². The lowest BCUT2D eigenvalue weighted by molar-refractivity contribution is -0.135. The number of aromatic nitrogens is 2. The van der Waals surface area contributed by atoms with Gasteiger partial charge < -0.3 is 9.42 Å². The minimum Gasteiger partial charge on any atom is -0.339 e. The minimum absolute atomic E-state index is 0.109. The number of hydrogen-bond acceptors (Lipinski definition) is 4. The van der Waals surface area contributed by atoms with E-state index < -0.39 is 11.5 Å². The Hall–Kier alpha value is -3.09. The molecule has 0 saturated carbocycles. The molecule has 2 heterocycles. The van der Waals surface area contributed by atoms with Crippen molar-refractivity contribution >= 4 is 5.91 Å². The van der Waals surface area contributed by atoms with Gasteiger partial charge in [0.1, 0.15) is 5.82 Å². The molecule has 1 unspecified atom stereocenters. The number of benzene rings is 2. The topological polar surface area (TPSA) is 59.2 Å². The fraction of sp³-hybridized carbons (Fsp3) is 0.286. The van der Waals surface area contributed by atoms with Gasteiger partial charge in [0.15, 0.2) is 0 Å². The van der Waals surface area contributed by atoms with Gasteiger partial charge in [-0.2, -0.15) is 4.98 Å². The second-order valence-corrected chi connectivity index (χ2v) is 6.94. The molecule has 1 amide bonds. The van der Waals surface area contributed by atoms with Crippen LogP contribution in [0.3, 0.4) is 0 Å². The summed E-state index contributed by atoms with van der Waals surface area (Å²) >= 11 is 0. The Bertz CT molecular complexity index is 977. The van der Waals surface area contributed by atoms with Gasteiger partial charge in [0.05, 0.1) is 13.0 Å². The monoisotopic (exact) mass is 383 g/mol. The van der Waals surface area contributed by atoms with Gasteiger partial charge in [-0.15, -0.1) is 0 Å². The lowest BCUT2D eigenvalue weighted by Gasteiger charge is -2.35. The van der Waals surface area contributed by atoms with Crippen molar-refractivity contribution in [1.82, 2.24) is 15.0 Å². The van der Waals surface area contributed by atoms with Gasteiger partial charge in [-0.25, -0.2) is 8.78 Å². The molecule has 7 heteroatoms. The minimum atomic E-state index is -1.91. The van der Waals surface area contributed by atoms with Crippen molar-refractivity contribution in [1.29, 1.82) is 0 Å². The molecule has 5 nitrogen and oxygen atoms in total. The van der Waals surface area contributed by atoms with E-state index in [1.165, 1.54) is 11.0 Å². The summed E-state index contributed by atoms with van der Waals surface area (Å²) in [5, 5.41) is 3.88. The first-order valence-electron chi connectivity index (χ1n) is 9.15. The number of carbonyl (C=O) groups is 1. The van der Waals surface area contributed by atoms with Crippen LogP contribution >= 0.6 is 0 Å². The summed E-state index contributed by atoms with van der Waals surface area (Å²) in [7, 11) is 0. The lowest BCUT2D eigenvalue weighted by atomic mass is 9.94. The summed E-state index contributed by atoms with van der Waals surface area (Å²) in [5.41, 5.74) is -0.889. The summed E-state index contributed by atoms with van der Waals surface area (Å²) in [4.78, 5) is 18.2. The highest BCUT2D eigenvalue weighted by Crippen LogP contribution is 2.35. The molecule has 1 aliphatic heterocycles. The molecule has 0 spiro atoms. The Kier molecular flexibility index (Phi) is 4.90. The van der Waals surface area contributed by atoms with Gasteiger partial charge in [-0.05, 0) is 24.5 Å². The first kappa shape index (κ1) is 18.3. The molecule has 0 bridgehead atoms. The highest BCUT2D eigenvalue weighted by molar-refractivity contribution is 5.79. The molecule has 0 N–H and O–H groups in total. The highest BCUT2D eigenvalue weighted by Gasteiger charge is 2.43. The first-order valence-corrected chi connectivity index (χ1v) is 9.15. The number of halogens is 2. The number of likely N-dealkylation sites (tertiary alicyclic amines) is 1. The summed E-state index contributed by atoms with van der Waals surface area (Å²) in [6.45, 7) is 0.231. The van der Waals surface area contributed by atoms with E-state index in [4.69, 9.17) is 4.52 Å². The van der Waals surface area contributed by atoms with Crippen LogP contribution in [0.1, 0.15) is 24.3 Å². The normalized spacial score (nSPS) is 19.6. The predicted octanol–water partition coefficient (Wildman–Crippen LogP) is 3.91. The van der Waals surface area contributed by atoms with Crippen LogP contribution in [-0.4, -0.2) is 34.0 Å². The molecule has 3 aromatic rings. The van der Waals surface area contributed by atoms with E-state index in [-0.39, 0.29) is 31.2 Å². The summed E-state index contributed by atoms with van der Waals surface area (Å²) in [6, 6.07) is 15.3. The zero-order valence-corrected chi connectivity index (χ0v) is 15.1. The number of hydrogen-bond donors (Lipinski definition) is 0. The Balaban J connectivity index is 1.50. The van der Waals surface area contributed by atoms with E-state index >= 15 is 4.39 Å². The maximum absolute atomic E-state index is 15.6. The Labute approximate surface area is 161 Å². The van der Waals surface area contributed by atoms with Crippen LogP contribution in [0.15, 0.2) is 59.1 Å². The molecule has 0 radical (unpaired) electrons. The van der Waals surface area contributed by atoms with E-state index in [1.807, 2.05) is 30.3 Å². The van der Waals surface area contributed by atoms with Crippen LogP contribution < -0.4 is 0 Å². The number of nitrogens with zero attached hydrogens (tertiary/aromatic N) is 3. The molecular formula is C21H19F2N3O2. The van der Waals surface area contributed by atoms with Crippen molar-refractivity contribution < 1.29 is 18.1 Å². The first-order chi connectivity index (χ1) is 13.5. The maximum atomic E-state index is 15.6. The van der Waals surface area contributed by atoms with Crippen LogP contribution in [-0.2, 0) is 16.9 Å². The Morgan fingerprint density at radius 1 is 1.14 bits per heavy atom. The third kappa shape index (κ3) is 3.65. The smallest absolute Gasteiger partial charge is 0.266 e. The van der Waals surface area contributed by atoms with Gasteiger partial charge in [0.2, 0.25) is 17.4 Å². The number of piperidine rings is 1. The van der Waals surface area contributed by atoms with Gasteiger partial charge >= 0.3 is 0 Å². The Morgan fingerprint density at radius 3 is 2.68 bits per heavy atom. The van der Waals surface area contributed by atoms with Crippen LogP contribution in [0.25, 0.3) is 11.4 Å². The van der Waals surface area contributed by atoms with E-state index in [9.17, 15) is 9.18 Å². The summed E-state index contributed by atoms with van der Waals surface area (Å²) in [5.74, 6) is -0.587. The quantitative estimate of drug-likeness (QED) is 0.686. The fourth-order valence-corrected chi connectivity index (χ4v) is 3.42. The van der Waals surface area contributed by atoms with Crippen molar-refractivity contribution in [2.75, 3.05) is 13.1 Å². The zero-order valence-electron chi connectivity index (χ0n) is 15.1. The molecule has 1 aliphatic rings. The zero-order chi connectivity index (χ0) is 19.6. The molecule has 1 atom stereocenters. The van der Waals surface area contributed by atoms with Crippen LogP contribution in [0.2, 0.25) is 0 Å². The van der Waals surface area contributed by atoms with E-state index in [0.29, 0.717) is 24.4 Å². The van der Waals surface area contributed by atoms with Crippen molar-refractivity contribution in [2.24, 2.45) is 0 Å². The molecule has 2 aromatic carbocycles. The van der Waals surface area contributed by atoms with Crippen LogP contribution in [0, 0.1) is 5.82 Å². The fourth-order valence-electron chi connectivity index (χ4n) is 3.42. The second-order valence-electron chi connectivity index (χ2n) is 6.94. The highest BCUT2D eigenvalue weighted by atomic mass is 19.1. The van der Waals surface area contributed by atoms with Gasteiger partial charge in [-0.1, -0.05) is 53.7 Å². The third-order valence-electron chi connectivity index (χ3n) is 4.94. The van der Waals surface area contributed by atoms with Gasteiger partial charge in [0, 0.05) is 12.1 Å².